The molecule has 1 N–H and O–H groups in total. The van der Waals surface area contributed by atoms with Crippen molar-refractivity contribution in [3.63, 3.8) is 0 Å². The Morgan fingerprint density at radius 1 is 1.31 bits per heavy atom. The molecule has 5 nitrogen and oxygen atoms in total. The highest BCUT2D eigenvalue weighted by atomic mass is 32.2. The van der Waals surface area contributed by atoms with Gasteiger partial charge in [0.25, 0.3) is 5.56 Å². The van der Waals surface area contributed by atoms with Crippen molar-refractivity contribution in [1.29, 1.82) is 0 Å². The molecule has 0 saturated heterocycles. The average Bonchev–Trinajstić information content (AvgIpc) is 2.57. The topological polar surface area (TPSA) is 64.0 Å². The van der Waals surface area contributed by atoms with Crippen LogP contribution in [0.2, 0.25) is 0 Å². The molecule has 1 unspecified atom stereocenters. The van der Waals surface area contributed by atoms with Crippen LogP contribution in [0.1, 0.15) is 37.6 Å². The lowest BCUT2D eigenvalue weighted by Crippen LogP contribution is -2.36. The number of nitrogens with one attached hydrogen (secondary N) is 1. The van der Waals surface area contributed by atoms with Gasteiger partial charge in [0.1, 0.15) is 5.82 Å². The maximum absolute atomic E-state index is 13.9. The van der Waals surface area contributed by atoms with E-state index in [-0.39, 0.29) is 35.0 Å². The van der Waals surface area contributed by atoms with Gasteiger partial charge in [0, 0.05) is 30.8 Å². The van der Waals surface area contributed by atoms with E-state index in [1.165, 1.54) is 22.4 Å². The number of aromatic nitrogens is 2. The van der Waals surface area contributed by atoms with Crippen molar-refractivity contribution in [2.24, 2.45) is 7.05 Å². The molecular weight excluding hydrogens is 353 g/mol. The molecule has 0 aliphatic heterocycles. The predicted molar refractivity (Wildman–Crippen MR) is 102 cm³/mol. The lowest BCUT2D eigenvalue weighted by atomic mass is 10.0. The fraction of sp³-hybridized carbons (Fsp3) is 0.421. The average molecular weight is 377 g/mol. The monoisotopic (exact) mass is 377 g/mol. The summed E-state index contributed by atoms with van der Waals surface area (Å²) in [6, 6.07) is 6.44. The van der Waals surface area contributed by atoms with Crippen LogP contribution in [0.3, 0.4) is 0 Å². The Kier molecular flexibility index (Phi) is 6.58. The standard InChI is InChI=1S/C19H24FN3O2S/c1-11(2)21-17(24)13(4)26-19-22-12(3)15(18(25)23(19)5)10-14-8-6-7-9-16(14)20/h6-9,11,13H,10H2,1-5H3,(H,21,24). The number of nitrogens with zero attached hydrogens (tertiary/aromatic N) is 2. The summed E-state index contributed by atoms with van der Waals surface area (Å²) in [4.78, 5) is 29.3. The molecule has 0 aliphatic rings. The Balaban J connectivity index is 2.29. The largest absolute Gasteiger partial charge is 0.353 e. The van der Waals surface area contributed by atoms with Gasteiger partial charge in [-0.05, 0) is 39.3 Å². The molecule has 1 atom stereocenters. The number of rotatable bonds is 6. The molecule has 26 heavy (non-hydrogen) atoms. The van der Waals surface area contributed by atoms with Crippen LogP contribution in [0.5, 0.6) is 0 Å². The molecule has 1 aromatic heterocycles. The number of amides is 1. The van der Waals surface area contributed by atoms with E-state index < -0.39 is 0 Å². The molecule has 0 saturated carbocycles. The SMILES string of the molecule is Cc1nc(SC(C)C(=O)NC(C)C)n(C)c(=O)c1Cc1ccccc1F. The third-order valence-corrected chi connectivity index (χ3v) is 5.10. The van der Waals surface area contributed by atoms with Crippen LogP contribution in [0, 0.1) is 12.7 Å². The summed E-state index contributed by atoms with van der Waals surface area (Å²) in [6.45, 7) is 7.30. The van der Waals surface area contributed by atoms with Crippen LogP contribution in [-0.4, -0.2) is 26.8 Å². The van der Waals surface area contributed by atoms with Gasteiger partial charge in [-0.25, -0.2) is 9.37 Å². The Bertz CT molecular complexity index is 864. The van der Waals surface area contributed by atoms with Crippen LogP contribution >= 0.6 is 11.8 Å². The van der Waals surface area contributed by atoms with Gasteiger partial charge in [-0.3, -0.25) is 14.2 Å². The van der Waals surface area contributed by atoms with Gasteiger partial charge in [-0.15, -0.1) is 0 Å². The van der Waals surface area contributed by atoms with Crippen LogP contribution in [-0.2, 0) is 18.3 Å². The lowest BCUT2D eigenvalue weighted by molar-refractivity contribution is -0.120. The zero-order chi connectivity index (χ0) is 19.4. The van der Waals surface area contributed by atoms with Crippen molar-refractivity contribution in [1.82, 2.24) is 14.9 Å². The third-order valence-electron chi connectivity index (χ3n) is 3.96. The minimum atomic E-state index is -0.382. The van der Waals surface area contributed by atoms with E-state index in [4.69, 9.17) is 0 Å². The zero-order valence-electron chi connectivity index (χ0n) is 15.7. The van der Waals surface area contributed by atoms with E-state index in [1.54, 1.807) is 39.1 Å². The summed E-state index contributed by atoms with van der Waals surface area (Å²) in [5, 5.41) is 2.93. The van der Waals surface area contributed by atoms with Crippen LogP contribution in [0.15, 0.2) is 34.2 Å². The number of aryl methyl sites for hydroxylation is 1. The number of thioether (sulfide) groups is 1. The summed E-state index contributed by atoms with van der Waals surface area (Å²) >= 11 is 1.23. The van der Waals surface area contributed by atoms with Gasteiger partial charge in [0.2, 0.25) is 5.91 Å². The zero-order valence-corrected chi connectivity index (χ0v) is 16.5. The van der Waals surface area contributed by atoms with Crippen LogP contribution in [0.4, 0.5) is 4.39 Å². The van der Waals surface area contributed by atoms with Gasteiger partial charge < -0.3 is 5.32 Å². The van der Waals surface area contributed by atoms with E-state index in [2.05, 4.69) is 10.3 Å². The first-order valence-corrected chi connectivity index (χ1v) is 9.35. The molecule has 2 rings (SSSR count). The van der Waals surface area contributed by atoms with Crippen LogP contribution in [0.25, 0.3) is 0 Å². The molecule has 0 spiro atoms. The van der Waals surface area contributed by atoms with Crippen LogP contribution < -0.4 is 10.9 Å². The highest BCUT2D eigenvalue weighted by Crippen LogP contribution is 2.22. The van der Waals surface area contributed by atoms with E-state index in [0.717, 1.165) is 0 Å². The number of carbonyl (C=O) groups excluding carboxylic acids is 1. The molecule has 7 heteroatoms. The van der Waals surface area contributed by atoms with E-state index in [0.29, 0.717) is 22.0 Å². The molecule has 1 amide bonds. The van der Waals surface area contributed by atoms with Crippen molar-refractivity contribution in [3.05, 3.63) is 57.3 Å². The van der Waals surface area contributed by atoms with Gasteiger partial charge in [0.15, 0.2) is 5.16 Å². The summed E-state index contributed by atoms with van der Waals surface area (Å²) in [5.41, 5.74) is 1.25. The summed E-state index contributed by atoms with van der Waals surface area (Å²) < 4.78 is 15.3. The smallest absolute Gasteiger partial charge is 0.257 e. The fourth-order valence-corrected chi connectivity index (χ4v) is 3.41. The first kappa shape index (κ1) is 20.2. The van der Waals surface area contributed by atoms with E-state index in [1.807, 2.05) is 13.8 Å². The highest BCUT2D eigenvalue weighted by Gasteiger charge is 2.20. The minimum Gasteiger partial charge on any atom is -0.353 e. The molecular formula is C19H24FN3O2S. The van der Waals surface area contributed by atoms with Crippen molar-refractivity contribution < 1.29 is 9.18 Å². The van der Waals surface area contributed by atoms with Crippen molar-refractivity contribution in [2.75, 3.05) is 0 Å². The second-order valence-electron chi connectivity index (χ2n) is 6.51. The Morgan fingerprint density at radius 2 is 1.96 bits per heavy atom. The number of halogens is 1. The molecule has 0 fully saturated rings. The van der Waals surface area contributed by atoms with Crippen molar-refractivity contribution in [3.8, 4) is 0 Å². The predicted octanol–water partition coefficient (Wildman–Crippen LogP) is 2.82. The van der Waals surface area contributed by atoms with Gasteiger partial charge in [-0.2, -0.15) is 0 Å². The molecule has 0 radical (unpaired) electrons. The van der Waals surface area contributed by atoms with Gasteiger partial charge in [0.05, 0.1) is 5.25 Å². The van der Waals surface area contributed by atoms with Gasteiger partial charge in [-0.1, -0.05) is 30.0 Å². The summed E-state index contributed by atoms with van der Waals surface area (Å²) in [5.74, 6) is -0.446. The van der Waals surface area contributed by atoms with E-state index >= 15 is 0 Å². The van der Waals surface area contributed by atoms with Crippen molar-refractivity contribution >= 4 is 17.7 Å². The first-order chi connectivity index (χ1) is 12.2. The first-order valence-electron chi connectivity index (χ1n) is 8.47. The second-order valence-corrected chi connectivity index (χ2v) is 7.82. The fourth-order valence-electron chi connectivity index (χ4n) is 2.48. The minimum absolute atomic E-state index is 0.0483. The Labute approximate surface area is 157 Å². The molecule has 1 aromatic carbocycles. The number of hydrogen-bond acceptors (Lipinski definition) is 4. The molecule has 0 aliphatic carbocycles. The third kappa shape index (κ3) is 4.72. The maximum Gasteiger partial charge on any atom is 0.257 e. The van der Waals surface area contributed by atoms with E-state index in [9.17, 15) is 14.0 Å². The maximum atomic E-state index is 13.9. The molecule has 140 valence electrons. The summed E-state index contributed by atoms with van der Waals surface area (Å²) in [6.07, 6.45) is 0.187. The number of benzene rings is 1. The molecule has 2 aromatic rings. The Morgan fingerprint density at radius 3 is 2.58 bits per heavy atom. The molecule has 1 heterocycles. The van der Waals surface area contributed by atoms with Gasteiger partial charge >= 0.3 is 0 Å². The highest BCUT2D eigenvalue weighted by molar-refractivity contribution is 8.00. The molecule has 0 bridgehead atoms. The normalized spacial score (nSPS) is 12.3. The summed E-state index contributed by atoms with van der Waals surface area (Å²) in [7, 11) is 1.62. The number of hydrogen-bond donors (Lipinski definition) is 1. The second kappa shape index (κ2) is 8.49. The van der Waals surface area contributed by atoms with Crippen molar-refractivity contribution in [2.45, 2.75) is 50.6 Å². The lowest BCUT2D eigenvalue weighted by Gasteiger charge is -2.16. The quantitative estimate of drug-likeness (QED) is 0.621. The Hall–Kier alpha value is -2.15. The number of carbonyl (C=O) groups is 1.